The summed E-state index contributed by atoms with van der Waals surface area (Å²) in [6.45, 7) is 4.29. The number of hydrogen-bond acceptors (Lipinski definition) is 2. The maximum atomic E-state index is 4.61. The number of imidazole rings is 1. The van der Waals surface area contributed by atoms with Crippen LogP contribution in [-0.4, -0.2) is 14.6 Å². The van der Waals surface area contributed by atoms with E-state index in [1.165, 1.54) is 22.3 Å². The average molecular weight is 299 g/mol. The summed E-state index contributed by atoms with van der Waals surface area (Å²) < 4.78 is 1.80. The molecule has 23 heavy (non-hydrogen) atoms. The lowest BCUT2D eigenvalue weighted by atomic mass is 9.99. The Morgan fingerprint density at radius 2 is 1.52 bits per heavy atom. The van der Waals surface area contributed by atoms with Gasteiger partial charge >= 0.3 is 0 Å². The molecule has 0 radical (unpaired) electrons. The minimum atomic E-state index is 0.862. The Morgan fingerprint density at radius 1 is 0.783 bits per heavy atom. The molecule has 3 nitrogen and oxygen atoms in total. The fourth-order valence-corrected chi connectivity index (χ4v) is 2.72. The van der Waals surface area contributed by atoms with Crippen LogP contribution in [0.3, 0.4) is 0 Å². The van der Waals surface area contributed by atoms with E-state index < -0.39 is 0 Å². The molecule has 0 bridgehead atoms. The van der Waals surface area contributed by atoms with Crippen LogP contribution in [-0.2, 0) is 0 Å². The number of fused-ring (bicyclic) bond motifs is 1. The molecule has 0 aliphatic carbocycles. The molecule has 2 heterocycles. The van der Waals surface area contributed by atoms with Gasteiger partial charge in [0.05, 0.1) is 11.9 Å². The van der Waals surface area contributed by atoms with Crippen molar-refractivity contribution in [2.24, 2.45) is 0 Å². The lowest BCUT2D eigenvalue weighted by Crippen LogP contribution is -1.85. The molecule has 2 aromatic heterocycles. The van der Waals surface area contributed by atoms with Gasteiger partial charge in [-0.15, -0.1) is 0 Å². The zero-order chi connectivity index (χ0) is 15.8. The number of rotatable bonds is 2. The van der Waals surface area contributed by atoms with Crippen LogP contribution in [0.5, 0.6) is 0 Å². The maximum Gasteiger partial charge on any atom is 0.154 e. The van der Waals surface area contributed by atoms with Crippen LogP contribution in [0.15, 0.2) is 67.0 Å². The van der Waals surface area contributed by atoms with E-state index in [2.05, 4.69) is 66.4 Å². The molecule has 0 fully saturated rings. The van der Waals surface area contributed by atoms with Crippen LogP contribution >= 0.6 is 0 Å². The van der Waals surface area contributed by atoms with E-state index in [1.807, 2.05) is 18.3 Å². The summed E-state index contributed by atoms with van der Waals surface area (Å²) in [6, 6.07) is 19.0. The van der Waals surface area contributed by atoms with E-state index in [1.54, 1.807) is 10.7 Å². The molecule has 2 aromatic carbocycles. The third-order valence-electron chi connectivity index (χ3n) is 4.26. The lowest BCUT2D eigenvalue weighted by Gasteiger charge is -2.06. The minimum absolute atomic E-state index is 0.862. The summed E-state index contributed by atoms with van der Waals surface area (Å²) in [6.07, 6.45) is 3.72. The standard InChI is InChI=1S/C20H17N3/c1-14-5-6-18(12-15(14)2)16-7-9-17(10-8-16)19-13-23-20(22-19)4-3-11-21-23/h3-13H,1-2H3. The van der Waals surface area contributed by atoms with Crippen molar-refractivity contribution in [2.75, 3.05) is 0 Å². The highest BCUT2D eigenvalue weighted by atomic mass is 15.2. The van der Waals surface area contributed by atoms with Gasteiger partial charge in [-0.3, -0.25) is 0 Å². The lowest BCUT2D eigenvalue weighted by molar-refractivity contribution is 0.936. The topological polar surface area (TPSA) is 30.2 Å². The number of nitrogens with zero attached hydrogens (tertiary/aromatic N) is 3. The Kier molecular flexibility index (Phi) is 3.19. The largest absolute Gasteiger partial charge is 0.227 e. The quantitative estimate of drug-likeness (QED) is 0.538. The highest BCUT2D eigenvalue weighted by Crippen LogP contribution is 2.26. The maximum absolute atomic E-state index is 4.61. The molecular weight excluding hydrogens is 282 g/mol. The predicted octanol–water partition coefficient (Wildman–Crippen LogP) is 4.68. The smallest absolute Gasteiger partial charge is 0.154 e. The molecule has 112 valence electrons. The fourth-order valence-electron chi connectivity index (χ4n) is 2.72. The Morgan fingerprint density at radius 3 is 2.26 bits per heavy atom. The minimum Gasteiger partial charge on any atom is -0.227 e. The highest BCUT2D eigenvalue weighted by molar-refractivity contribution is 5.70. The fraction of sp³-hybridized carbons (Fsp3) is 0.100. The van der Waals surface area contributed by atoms with Gasteiger partial charge in [-0.1, -0.05) is 42.5 Å². The molecule has 0 spiro atoms. The summed E-state index contributed by atoms with van der Waals surface area (Å²) in [5.74, 6) is 0. The van der Waals surface area contributed by atoms with E-state index >= 15 is 0 Å². The van der Waals surface area contributed by atoms with Crippen molar-refractivity contribution in [3.8, 4) is 22.4 Å². The summed E-state index contributed by atoms with van der Waals surface area (Å²) in [7, 11) is 0. The summed E-state index contributed by atoms with van der Waals surface area (Å²) in [5, 5.41) is 4.26. The monoisotopic (exact) mass is 299 g/mol. The van der Waals surface area contributed by atoms with Crippen LogP contribution in [0, 0.1) is 13.8 Å². The molecule has 0 unspecified atom stereocenters. The first-order chi connectivity index (χ1) is 11.2. The summed E-state index contributed by atoms with van der Waals surface area (Å²) in [4.78, 5) is 4.61. The van der Waals surface area contributed by atoms with Crippen LogP contribution in [0.25, 0.3) is 28.0 Å². The summed E-state index contributed by atoms with van der Waals surface area (Å²) >= 11 is 0. The number of aromatic nitrogens is 3. The van der Waals surface area contributed by atoms with Crippen molar-refractivity contribution in [2.45, 2.75) is 13.8 Å². The Balaban J connectivity index is 1.71. The van der Waals surface area contributed by atoms with Gasteiger partial charge in [-0.05, 0) is 48.2 Å². The van der Waals surface area contributed by atoms with Crippen LogP contribution in [0.1, 0.15) is 11.1 Å². The van der Waals surface area contributed by atoms with E-state index in [4.69, 9.17) is 0 Å². The van der Waals surface area contributed by atoms with Gasteiger partial charge in [0.25, 0.3) is 0 Å². The van der Waals surface area contributed by atoms with Gasteiger partial charge in [-0.25, -0.2) is 9.50 Å². The van der Waals surface area contributed by atoms with E-state index in [-0.39, 0.29) is 0 Å². The van der Waals surface area contributed by atoms with Gasteiger partial charge in [0, 0.05) is 11.8 Å². The second-order valence-electron chi connectivity index (χ2n) is 5.83. The van der Waals surface area contributed by atoms with E-state index in [9.17, 15) is 0 Å². The van der Waals surface area contributed by atoms with Crippen molar-refractivity contribution >= 4 is 5.65 Å². The van der Waals surface area contributed by atoms with Gasteiger partial charge in [-0.2, -0.15) is 5.10 Å². The molecule has 0 aliphatic rings. The van der Waals surface area contributed by atoms with Crippen LogP contribution in [0.2, 0.25) is 0 Å². The summed E-state index contributed by atoms with van der Waals surface area (Å²) in [5.41, 5.74) is 8.01. The van der Waals surface area contributed by atoms with Gasteiger partial charge in [0.15, 0.2) is 5.65 Å². The Bertz CT molecular complexity index is 948. The molecule has 0 atom stereocenters. The molecule has 0 aliphatic heterocycles. The first-order valence-corrected chi connectivity index (χ1v) is 7.69. The van der Waals surface area contributed by atoms with Crippen molar-refractivity contribution < 1.29 is 0 Å². The van der Waals surface area contributed by atoms with E-state index in [0.29, 0.717) is 0 Å². The Hall–Kier alpha value is -2.94. The van der Waals surface area contributed by atoms with Crippen LogP contribution < -0.4 is 0 Å². The number of aryl methyl sites for hydroxylation is 2. The van der Waals surface area contributed by atoms with E-state index in [0.717, 1.165) is 16.9 Å². The molecule has 4 rings (SSSR count). The Labute approximate surface area is 135 Å². The van der Waals surface area contributed by atoms with Gasteiger partial charge in [0.2, 0.25) is 0 Å². The second kappa shape index (κ2) is 5.36. The molecule has 3 heteroatoms. The zero-order valence-corrected chi connectivity index (χ0v) is 13.2. The molecule has 0 saturated heterocycles. The zero-order valence-electron chi connectivity index (χ0n) is 13.2. The van der Waals surface area contributed by atoms with Crippen molar-refractivity contribution in [3.63, 3.8) is 0 Å². The third kappa shape index (κ3) is 2.50. The third-order valence-corrected chi connectivity index (χ3v) is 4.26. The van der Waals surface area contributed by atoms with Gasteiger partial charge < -0.3 is 0 Å². The van der Waals surface area contributed by atoms with Crippen molar-refractivity contribution in [3.05, 3.63) is 78.1 Å². The normalized spacial score (nSPS) is 11.0. The predicted molar refractivity (Wildman–Crippen MR) is 93.3 cm³/mol. The van der Waals surface area contributed by atoms with Gasteiger partial charge in [0.1, 0.15) is 0 Å². The first kappa shape index (κ1) is 13.7. The molecular formula is C20H17N3. The number of benzene rings is 2. The number of hydrogen-bond donors (Lipinski definition) is 0. The molecule has 4 aromatic rings. The second-order valence-corrected chi connectivity index (χ2v) is 5.83. The molecule has 0 amide bonds. The molecule has 0 N–H and O–H groups in total. The SMILES string of the molecule is Cc1ccc(-c2ccc(-c3cn4ncccc4n3)cc2)cc1C. The van der Waals surface area contributed by atoms with Crippen LogP contribution in [0.4, 0.5) is 0 Å². The average Bonchev–Trinajstić information content (AvgIpc) is 3.02. The first-order valence-electron chi connectivity index (χ1n) is 7.69. The van der Waals surface area contributed by atoms with Crippen molar-refractivity contribution in [1.82, 2.24) is 14.6 Å². The highest BCUT2D eigenvalue weighted by Gasteiger charge is 2.06. The van der Waals surface area contributed by atoms with Crippen molar-refractivity contribution in [1.29, 1.82) is 0 Å². The molecule has 0 saturated carbocycles.